The zero-order valence-electron chi connectivity index (χ0n) is 14.2. The summed E-state index contributed by atoms with van der Waals surface area (Å²) in [4.78, 5) is 38.5. The fourth-order valence-electron chi connectivity index (χ4n) is 2.79. The number of anilines is 1. The number of pyridine rings is 1. The van der Waals surface area contributed by atoms with Gasteiger partial charge in [-0.05, 0) is 18.1 Å². The Morgan fingerprint density at radius 2 is 2.00 bits per heavy atom. The highest BCUT2D eigenvalue weighted by molar-refractivity contribution is 5.94. The van der Waals surface area contributed by atoms with Crippen LogP contribution in [0.2, 0.25) is 0 Å². The molecule has 7 nitrogen and oxygen atoms in total. The van der Waals surface area contributed by atoms with E-state index in [0.717, 1.165) is 0 Å². The van der Waals surface area contributed by atoms with Crippen LogP contribution in [-0.2, 0) is 0 Å². The summed E-state index contributed by atoms with van der Waals surface area (Å²) in [5.74, 6) is -0.738. The van der Waals surface area contributed by atoms with Crippen LogP contribution in [0.15, 0.2) is 29.3 Å². The molecule has 0 spiro atoms. The highest BCUT2D eigenvalue weighted by Crippen LogP contribution is 2.17. The number of rotatable bonds is 3. The average Bonchev–Trinajstić information content (AvgIpc) is 2.64. The normalized spacial score (nSPS) is 14.9. The topological polar surface area (TPSA) is 82.2 Å². The number of piperazine rings is 1. The second-order valence-electron chi connectivity index (χ2n) is 6.26. The van der Waals surface area contributed by atoms with E-state index < -0.39 is 11.4 Å². The fraction of sp³-hybridized carbons (Fsp3) is 0.412. The van der Waals surface area contributed by atoms with Gasteiger partial charge >= 0.3 is 0 Å². The summed E-state index contributed by atoms with van der Waals surface area (Å²) < 4.78 is 13.9. The molecule has 2 aromatic heterocycles. The number of aromatic nitrogens is 3. The Bertz CT molecular complexity index is 814. The van der Waals surface area contributed by atoms with E-state index in [1.54, 1.807) is 43.3 Å². The summed E-state index contributed by atoms with van der Waals surface area (Å²) in [5, 5.41) is 0. The van der Waals surface area contributed by atoms with Gasteiger partial charge in [0.15, 0.2) is 0 Å². The number of amides is 1. The molecule has 2 aromatic rings. The number of hydrogen-bond donors (Lipinski definition) is 1. The monoisotopic (exact) mass is 345 g/mol. The van der Waals surface area contributed by atoms with E-state index in [2.05, 4.69) is 15.0 Å². The van der Waals surface area contributed by atoms with Crippen molar-refractivity contribution in [2.75, 3.05) is 31.1 Å². The van der Waals surface area contributed by atoms with Crippen LogP contribution in [0.5, 0.6) is 0 Å². The second kappa shape index (κ2) is 7.00. The molecular weight excluding hydrogens is 325 g/mol. The van der Waals surface area contributed by atoms with Crippen LogP contribution < -0.4 is 10.5 Å². The van der Waals surface area contributed by atoms with E-state index in [-0.39, 0.29) is 17.5 Å². The standard InChI is InChI=1S/C17H20FN5O2/c1-11(2)14-13(18)15(24)21-17(20-14)23-8-6-22(7-9-23)16(25)12-4-3-5-19-10-12/h3-5,10-11H,6-9H2,1-2H3,(H,20,21,24). The summed E-state index contributed by atoms with van der Waals surface area (Å²) >= 11 is 0. The smallest absolute Gasteiger partial charge is 0.288 e. The van der Waals surface area contributed by atoms with Crippen LogP contribution in [0, 0.1) is 5.82 Å². The number of hydrogen-bond acceptors (Lipinski definition) is 5. The average molecular weight is 345 g/mol. The third-order valence-corrected chi connectivity index (χ3v) is 4.20. The van der Waals surface area contributed by atoms with E-state index in [1.165, 1.54) is 0 Å². The van der Waals surface area contributed by atoms with Gasteiger partial charge in [0, 0.05) is 38.6 Å². The minimum Gasteiger partial charge on any atom is -0.339 e. The molecule has 1 fully saturated rings. The van der Waals surface area contributed by atoms with Gasteiger partial charge in [-0.25, -0.2) is 4.98 Å². The minimum atomic E-state index is -0.829. The van der Waals surface area contributed by atoms with E-state index in [4.69, 9.17) is 0 Å². The summed E-state index contributed by atoms with van der Waals surface area (Å²) in [6.45, 7) is 5.59. The van der Waals surface area contributed by atoms with Crippen molar-refractivity contribution in [2.24, 2.45) is 0 Å². The molecule has 3 heterocycles. The molecule has 0 atom stereocenters. The summed E-state index contributed by atoms with van der Waals surface area (Å²) in [6, 6.07) is 3.46. The Morgan fingerprint density at radius 3 is 2.60 bits per heavy atom. The van der Waals surface area contributed by atoms with Crippen molar-refractivity contribution >= 4 is 11.9 Å². The van der Waals surface area contributed by atoms with Gasteiger partial charge < -0.3 is 9.80 Å². The summed E-state index contributed by atoms with van der Waals surface area (Å²) in [7, 11) is 0. The van der Waals surface area contributed by atoms with Crippen LogP contribution in [-0.4, -0.2) is 51.9 Å². The molecule has 1 amide bonds. The van der Waals surface area contributed by atoms with Crippen molar-refractivity contribution < 1.29 is 9.18 Å². The first-order valence-electron chi connectivity index (χ1n) is 8.21. The Morgan fingerprint density at radius 1 is 1.28 bits per heavy atom. The van der Waals surface area contributed by atoms with Gasteiger partial charge in [0.05, 0.1) is 11.3 Å². The zero-order valence-corrected chi connectivity index (χ0v) is 14.2. The van der Waals surface area contributed by atoms with Crippen molar-refractivity contribution in [3.8, 4) is 0 Å². The molecule has 0 aliphatic carbocycles. The maximum Gasteiger partial charge on any atom is 0.288 e. The number of nitrogens with one attached hydrogen (secondary N) is 1. The Hall–Kier alpha value is -2.77. The quantitative estimate of drug-likeness (QED) is 0.909. The van der Waals surface area contributed by atoms with Crippen molar-refractivity contribution in [2.45, 2.75) is 19.8 Å². The van der Waals surface area contributed by atoms with Crippen LogP contribution in [0.25, 0.3) is 0 Å². The Labute approximate surface area is 144 Å². The molecule has 25 heavy (non-hydrogen) atoms. The molecule has 0 bridgehead atoms. The summed E-state index contributed by atoms with van der Waals surface area (Å²) in [6.07, 6.45) is 3.17. The second-order valence-corrected chi connectivity index (χ2v) is 6.26. The third-order valence-electron chi connectivity index (χ3n) is 4.20. The molecule has 0 unspecified atom stereocenters. The largest absolute Gasteiger partial charge is 0.339 e. The highest BCUT2D eigenvalue weighted by atomic mass is 19.1. The predicted octanol–water partition coefficient (Wildman–Crippen LogP) is 1.39. The molecule has 8 heteroatoms. The zero-order chi connectivity index (χ0) is 18.0. The first kappa shape index (κ1) is 17.1. The Balaban J connectivity index is 1.73. The van der Waals surface area contributed by atoms with Gasteiger partial charge in [-0.15, -0.1) is 0 Å². The van der Waals surface area contributed by atoms with Gasteiger partial charge in [0.25, 0.3) is 11.5 Å². The molecule has 1 aliphatic heterocycles. The van der Waals surface area contributed by atoms with Crippen LogP contribution in [0.4, 0.5) is 10.3 Å². The lowest BCUT2D eigenvalue weighted by Crippen LogP contribution is -2.49. The highest BCUT2D eigenvalue weighted by Gasteiger charge is 2.25. The van der Waals surface area contributed by atoms with Crippen LogP contribution >= 0.6 is 0 Å². The van der Waals surface area contributed by atoms with Gasteiger partial charge in [-0.1, -0.05) is 13.8 Å². The molecule has 0 radical (unpaired) electrons. The molecule has 0 saturated carbocycles. The first-order valence-corrected chi connectivity index (χ1v) is 8.21. The molecule has 1 saturated heterocycles. The summed E-state index contributed by atoms with van der Waals surface area (Å²) in [5.41, 5.74) is -0.0541. The number of halogens is 1. The van der Waals surface area contributed by atoms with E-state index in [0.29, 0.717) is 37.7 Å². The third kappa shape index (κ3) is 3.52. The van der Waals surface area contributed by atoms with Crippen molar-refractivity contribution in [1.29, 1.82) is 0 Å². The maximum absolute atomic E-state index is 13.9. The minimum absolute atomic E-state index is 0.0730. The molecule has 1 aliphatic rings. The fourth-order valence-corrected chi connectivity index (χ4v) is 2.79. The lowest BCUT2D eigenvalue weighted by molar-refractivity contribution is 0.0746. The van der Waals surface area contributed by atoms with Crippen molar-refractivity contribution in [3.63, 3.8) is 0 Å². The van der Waals surface area contributed by atoms with E-state index in [1.807, 2.05) is 4.90 Å². The Kier molecular flexibility index (Phi) is 4.78. The molecular formula is C17H20FN5O2. The number of nitrogens with zero attached hydrogens (tertiary/aromatic N) is 4. The van der Waals surface area contributed by atoms with E-state index >= 15 is 0 Å². The number of carbonyl (C=O) groups excluding carboxylic acids is 1. The van der Waals surface area contributed by atoms with Crippen molar-refractivity contribution in [3.05, 3.63) is 52.0 Å². The van der Waals surface area contributed by atoms with Gasteiger partial charge in [0.2, 0.25) is 11.8 Å². The molecule has 1 N–H and O–H groups in total. The number of carbonyl (C=O) groups is 1. The number of aromatic amines is 1. The molecule has 0 aromatic carbocycles. The van der Waals surface area contributed by atoms with Gasteiger partial charge in [0.1, 0.15) is 0 Å². The van der Waals surface area contributed by atoms with Crippen LogP contribution in [0.3, 0.4) is 0 Å². The van der Waals surface area contributed by atoms with E-state index in [9.17, 15) is 14.0 Å². The lowest BCUT2D eigenvalue weighted by Gasteiger charge is -2.35. The van der Waals surface area contributed by atoms with Gasteiger partial charge in [-0.2, -0.15) is 4.39 Å². The van der Waals surface area contributed by atoms with Gasteiger partial charge in [-0.3, -0.25) is 19.6 Å². The SMILES string of the molecule is CC(C)c1nc(N2CCN(C(=O)c3cccnc3)CC2)[nH]c(=O)c1F. The maximum atomic E-state index is 13.9. The molecule has 132 valence electrons. The molecule has 3 rings (SSSR count). The number of H-pyrrole nitrogens is 1. The first-order chi connectivity index (χ1) is 12.0. The predicted molar refractivity (Wildman–Crippen MR) is 91.3 cm³/mol. The lowest BCUT2D eigenvalue weighted by atomic mass is 10.1. The van der Waals surface area contributed by atoms with Crippen LogP contribution in [0.1, 0.15) is 35.8 Å². The van der Waals surface area contributed by atoms with Crippen molar-refractivity contribution in [1.82, 2.24) is 19.9 Å².